The van der Waals surface area contributed by atoms with Crippen LogP contribution in [0.15, 0.2) is 6.20 Å². The molecule has 0 aliphatic carbocycles. The summed E-state index contributed by atoms with van der Waals surface area (Å²) in [7, 11) is 0. The third-order valence-electron chi connectivity index (χ3n) is 2.55. The highest BCUT2D eigenvalue weighted by Gasteiger charge is 2.05. The maximum Gasteiger partial charge on any atom is 0.221 e. The molecule has 2 aromatic rings. The maximum atomic E-state index is 5.58. The van der Waals surface area contributed by atoms with Crippen LogP contribution in [0.3, 0.4) is 0 Å². The van der Waals surface area contributed by atoms with Gasteiger partial charge in [-0.2, -0.15) is 10.1 Å². The zero-order chi connectivity index (χ0) is 13.0. The Bertz CT molecular complexity index is 520. The lowest BCUT2D eigenvalue weighted by atomic mass is 10.2. The molecule has 7 heteroatoms. The summed E-state index contributed by atoms with van der Waals surface area (Å²) in [5.41, 5.74) is 6.63. The summed E-state index contributed by atoms with van der Waals surface area (Å²) in [4.78, 5) is 12.4. The number of hydrogen-bond donors (Lipinski definition) is 3. The summed E-state index contributed by atoms with van der Waals surface area (Å²) in [6.07, 6.45) is 3.35. The lowest BCUT2D eigenvalue weighted by Crippen LogP contribution is -2.11. The molecule has 2 aromatic heterocycles. The van der Waals surface area contributed by atoms with Gasteiger partial charge >= 0.3 is 0 Å². The fourth-order valence-electron chi connectivity index (χ4n) is 1.63. The quantitative estimate of drug-likeness (QED) is 0.718. The van der Waals surface area contributed by atoms with Crippen molar-refractivity contribution in [2.75, 3.05) is 17.6 Å². The van der Waals surface area contributed by atoms with Crippen LogP contribution in [-0.2, 0) is 12.8 Å². The number of aromatic amines is 1. The molecule has 2 rings (SSSR count). The SMILES string of the molecule is CCc1cnc(N)nc1NCCc1n[nH]c(C)n1. The Morgan fingerprint density at radius 2 is 2.22 bits per heavy atom. The van der Waals surface area contributed by atoms with Gasteiger partial charge in [-0.05, 0) is 13.3 Å². The zero-order valence-electron chi connectivity index (χ0n) is 10.6. The Morgan fingerprint density at radius 3 is 2.89 bits per heavy atom. The van der Waals surface area contributed by atoms with Crippen LogP contribution in [-0.4, -0.2) is 31.7 Å². The van der Waals surface area contributed by atoms with Crippen LogP contribution in [0.4, 0.5) is 11.8 Å². The van der Waals surface area contributed by atoms with E-state index < -0.39 is 0 Å². The number of anilines is 2. The summed E-state index contributed by atoms with van der Waals surface area (Å²) in [5, 5.41) is 10.1. The molecule has 18 heavy (non-hydrogen) atoms. The van der Waals surface area contributed by atoms with Crippen LogP contribution < -0.4 is 11.1 Å². The first kappa shape index (κ1) is 12.3. The number of nitrogens with zero attached hydrogens (tertiary/aromatic N) is 4. The highest BCUT2D eigenvalue weighted by atomic mass is 15.2. The molecule has 0 bridgehead atoms. The topological polar surface area (TPSA) is 105 Å². The molecule has 0 radical (unpaired) electrons. The van der Waals surface area contributed by atoms with E-state index in [9.17, 15) is 0 Å². The molecule has 0 atom stereocenters. The average Bonchev–Trinajstić information content (AvgIpc) is 2.75. The molecule has 0 aromatic carbocycles. The molecule has 0 spiro atoms. The van der Waals surface area contributed by atoms with E-state index in [1.807, 2.05) is 6.92 Å². The van der Waals surface area contributed by atoms with Crippen molar-refractivity contribution in [3.63, 3.8) is 0 Å². The predicted octanol–water partition coefficient (Wildman–Crippen LogP) is 0.702. The number of aromatic nitrogens is 5. The van der Waals surface area contributed by atoms with E-state index in [1.54, 1.807) is 6.20 Å². The molecule has 0 aliphatic heterocycles. The molecule has 96 valence electrons. The second-order valence-electron chi connectivity index (χ2n) is 3.97. The van der Waals surface area contributed by atoms with E-state index in [4.69, 9.17) is 5.73 Å². The summed E-state index contributed by atoms with van der Waals surface area (Å²) >= 11 is 0. The number of H-pyrrole nitrogens is 1. The van der Waals surface area contributed by atoms with Gasteiger partial charge in [0, 0.05) is 24.7 Å². The molecule has 0 amide bonds. The maximum absolute atomic E-state index is 5.58. The standard InChI is InChI=1S/C11H17N7/c1-3-8-6-14-11(12)16-10(8)13-5-4-9-15-7(2)17-18-9/h6H,3-5H2,1-2H3,(H,15,17,18)(H3,12,13,14,16). The number of nitrogens with two attached hydrogens (primary N) is 1. The average molecular weight is 247 g/mol. The third-order valence-corrected chi connectivity index (χ3v) is 2.55. The third kappa shape index (κ3) is 2.93. The Balaban J connectivity index is 1.95. The fourth-order valence-corrected chi connectivity index (χ4v) is 1.63. The van der Waals surface area contributed by atoms with Gasteiger partial charge in [-0.3, -0.25) is 5.10 Å². The largest absolute Gasteiger partial charge is 0.369 e. The highest BCUT2D eigenvalue weighted by molar-refractivity contribution is 5.45. The first-order valence-electron chi connectivity index (χ1n) is 5.92. The predicted molar refractivity (Wildman–Crippen MR) is 69.1 cm³/mol. The molecule has 0 unspecified atom stereocenters. The minimum absolute atomic E-state index is 0.281. The Kier molecular flexibility index (Phi) is 3.71. The Hall–Kier alpha value is -2.18. The minimum Gasteiger partial charge on any atom is -0.369 e. The van der Waals surface area contributed by atoms with Crippen molar-refractivity contribution < 1.29 is 0 Å². The van der Waals surface area contributed by atoms with Crippen molar-refractivity contribution in [1.29, 1.82) is 0 Å². The molecule has 0 fully saturated rings. The van der Waals surface area contributed by atoms with Gasteiger partial charge in [0.25, 0.3) is 0 Å². The van der Waals surface area contributed by atoms with Gasteiger partial charge in [0.1, 0.15) is 11.6 Å². The van der Waals surface area contributed by atoms with E-state index in [1.165, 1.54) is 0 Å². The minimum atomic E-state index is 0.281. The number of nitrogens with one attached hydrogen (secondary N) is 2. The Morgan fingerprint density at radius 1 is 1.39 bits per heavy atom. The van der Waals surface area contributed by atoms with Gasteiger partial charge in [0.05, 0.1) is 0 Å². The van der Waals surface area contributed by atoms with E-state index in [-0.39, 0.29) is 5.95 Å². The molecule has 0 aliphatic rings. The van der Waals surface area contributed by atoms with Crippen LogP contribution >= 0.6 is 0 Å². The number of nitrogen functional groups attached to an aromatic ring is 1. The monoisotopic (exact) mass is 247 g/mol. The molecular formula is C11H17N7. The van der Waals surface area contributed by atoms with Gasteiger partial charge in [0.2, 0.25) is 5.95 Å². The fraction of sp³-hybridized carbons (Fsp3) is 0.455. The van der Waals surface area contributed by atoms with Gasteiger partial charge in [-0.1, -0.05) is 6.92 Å². The summed E-state index contributed by atoms with van der Waals surface area (Å²) < 4.78 is 0. The van der Waals surface area contributed by atoms with Crippen molar-refractivity contribution in [1.82, 2.24) is 25.1 Å². The number of rotatable bonds is 5. The smallest absolute Gasteiger partial charge is 0.221 e. The second kappa shape index (κ2) is 5.44. The molecule has 7 nitrogen and oxygen atoms in total. The summed E-state index contributed by atoms with van der Waals surface area (Å²) in [5.74, 6) is 2.69. The Labute approximate surface area is 105 Å². The van der Waals surface area contributed by atoms with E-state index >= 15 is 0 Å². The van der Waals surface area contributed by atoms with E-state index in [2.05, 4.69) is 37.4 Å². The van der Waals surface area contributed by atoms with Gasteiger partial charge in [-0.25, -0.2) is 9.97 Å². The molecule has 2 heterocycles. The zero-order valence-corrected chi connectivity index (χ0v) is 10.6. The molecule has 0 saturated carbocycles. The number of aryl methyl sites for hydroxylation is 2. The molecule has 4 N–H and O–H groups in total. The normalized spacial score (nSPS) is 10.6. The molecular weight excluding hydrogens is 230 g/mol. The lowest BCUT2D eigenvalue weighted by molar-refractivity contribution is 0.892. The van der Waals surface area contributed by atoms with Crippen LogP contribution in [0.25, 0.3) is 0 Å². The van der Waals surface area contributed by atoms with Crippen molar-refractivity contribution in [3.05, 3.63) is 23.4 Å². The second-order valence-corrected chi connectivity index (χ2v) is 3.97. The lowest BCUT2D eigenvalue weighted by Gasteiger charge is -2.08. The highest BCUT2D eigenvalue weighted by Crippen LogP contribution is 2.12. The number of hydrogen-bond acceptors (Lipinski definition) is 6. The van der Waals surface area contributed by atoms with E-state index in [0.717, 1.165) is 35.9 Å². The van der Waals surface area contributed by atoms with Gasteiger partial charge in [0.15, 0.2) is 5.82 Å². The molecule has 0 saturated heterocycles. The van der Waals surface area contributed by atoms with E-state index in [0.29, 0.717) is 6.54 Å². The van der Waals surface area contributed by atoms with Gasteiger partial charge < -0.3 is 11.1 Å². The van der Waals surface area contributed by atoms with Crippen molar-refractivity contribution in [3.8, 4) is 0 Å². The van der Waals surface area contributed by atoms with Crippen LogP contribution in [0.5, 0.6) is 0 Å². The first-order valence-corrected chi connectivity index (χ1v) is 5.92. The van der Waals surface area contributed by atoms with Crippen molar-refractivity contribution >= 4 is 11.8 Å². The summed E-state index contributed by atoms with van der Waals surface area (Å²) in [6.45, 7) is 4.64. The van der Waals surface area contributed by atoms with Gasteiger partial charge in [-0.15, -0.1) is 0 Å². The van der Waals surface area contributed by atoms with Crippen LogP contribution in [0.2, 0.25) is 0 Å². The van der Waals surface area contributed by atoms with Crippen molar-refractivity contribution in [2.45, 2.75) is 26.7 Å². The first-order chi connectivity index (χ1) is 8.69. The van der Waals surface area contributed by atoms with Crippen molar-refractivity contribution in [2.24, 2.45) is 0 Å². The van der Waals surface area contributed by atoms with Crippen LogP contribution in [0, 0.1) is 6.92 Å². The van der Waals surface area contributed by atoms with Crippen LogP contribution in [0.1, 0.15) is 24.1 Å². The summed E-state index contributed by atoms with van der Waals surface area (Å²) in [6, 6.07) is 0.